The molecule has 1 saturated heterocycles. The highest BCUT2D eigenvalue weighted by molar-refractivity contribution is 7.89. The molecule has 0 atom stereocenters. The van der Waals surface area contributed by atoms with Crippen molar-refractivity contribution < 1.29 is 8.42 Å². The van der Waals surface area contributed by atoms with E-state index in [4.69, 9.17) is 0 Å². The van der Waals surface area contributed by atoms with Crippen molar-refractivity contribution in [2.75, 3.05) is 31.1 Å². The number of nitrogens with one attached hydrogen (secondary N) is 2. The molecule has 1 aliphatic heterocycles. The van der Waals surface area contributed by atoms with Crippen molar-refractivity contribution in [1.82, 2.24) is 24.2 Å². The lowest BCUT2D eigenvalue weighted by Crippen LogP contribution is -2.49. The Morgan fingerprint density at radius 1 is 1.00 bits per heavy atom. The first kappa shape index (κ1) is 16.7. The number of hydrogen-bond donors (Lipinski definition) is 2. The second-order valence-corrected chi connectivity index (χ2v) is 8.18. The second-order valence-electron chi connectivity index (χ2n) is 6.24. The summed E-state index contributed by atoms with van der Waals surface area (Å²) in [7, 11) is -3.63. The number of rotatable bonds is 3. The van der Waals surface area contributed by atoms with E-state index in [1.54, 1.807) is 18.5 Å². The number of piperazine rings is 1. The second kappa shape index (κ2) is 6.22. The average molecular weight is 374 g/mol. The molecule has 0 bridgehead atoms. The fraction of sp³-hybridized carbons (Fsp3) is 0.312. The highest BCUT2D eigenvalue weighted by Crippen LogP contribution is 2.21. The molecule has 4 rings (SSSR count). The van der Waals surface area contributed by atoms with E-state index < -0.39 is 10.0 Å². The van der Waals surface area contributed by atoms with Gasteiger partial charge in [0.1, 0.15) is 0 Å². The van der Waals surface area contributed by atoms with Gasteiger partial charge in [-0.15, -0.1) is 0 Å². The summed E-state index contributed by atoms with van der Waals surface area (Å²) in [6.45, 7) is 3.66. The van der Waals surface area contributed by atoms with E-state index in [1.165, 1.54) is 16.4 Å². The normalized spacial score (nSPS) is 16.3. The van der Waals surface area contributed by atoms with Gasteiger partial charge < -0.3 is 14.9 Å². The lowest BCUT2D eigenvalue weighted by molar-refractivity contribution is 0.382. The molecular formula is C16H18N6O3S. The van der Waals surface area contributed by atoms with Gasteiger partial charge >= 0.3 is 5.69 Å². The minimum absolute atomic E-state index is 0.167. The van der Waals surface area contributed by atoms with E-state index in [9.17, 15) is 13.2 Å². The Morgan fingerprint density at radius 3 is 2.35 bits per heavy atom. The van der Waals surface area contributed by atoms with Crippen LogP contribution in [-0.2, 0) is 10.0 Å². The number of aromatic nitrogens is 4. The summed E-state index contributed by atoms with van der Waals surface area (Å²) in [5.41, 5.74) is 1.67. The Balaban J connectivity index is 1.53. The van der Waals surface area contributed by atoms with Gasteiger partial charge in [-0.2, -0.15) is 4.31 Å². The standard InChI is InChI=1S/C16H18N6O3S/c1-11-9-17-15(18-10-11)21-4-6-22(7-5-21)26(24,25)12-2-3-13-14(8-12)20-16(23)19-13/h2-3,8-10H,4-7H2,1H3,(H2,19,20,23). The molecule has 0 radical (unpaired) electrons. The largest absolute Gasteiger partial charge is 0.338 e. The third-order valence-corrected chi connectivity index (χ3v) is 6.31. The van der Waals surface area contributed by atoms with Gasteiger partial charge in [0.15, 0.2) is 0 Å². The zero-order valence-electron chi connectivity index (χ0n) is 14.1. The summed E-state index contributed by atoms with van der Waals surface area (Å²) < 4.78 is 27.2. The van der Waals surface area contributed by atoms with Gasteiger partial charge in [-0.25, -0.2) is 23.2 Å². The number of sulfonamides is 1. The minimum Gasteiger partial charge on any atom is -0.338 e. The summed E-state index contributed by atoms with van der Waals surface area (Å²) in [5.74, 6) is 0.610. The summed E-state index contributed by atoms with van der Waals surface area (Å²) in [5, 5.41) is 0. The predicted octanol–water partition coefficient (Wildman–Crippen LogP) is 0.466. The Bertz CT molecular complexity index is 1090. The van der Waals surface area contributed by atoms with Crippen LogP contribution >= 0.6 is 0 Å². The first-order valence-corrected chi connectivity index (χ1v) is 9.63. The zero-order chi connectivity index (χ0) is 18.3. The number of H-pyrrole nitrogens is 2. The minimum atomic E-state index is -3.63. The average Bonchev–Trinajstić information content (AvgIpc) is 3.01. The third-order valence-electron chi connectivity index (χ3n) is 4.41. The summed E-state index contributed by atoms with van der Waals surface area (Å²) >= 11 is 0. The Kier molecular flexibility index (Phi) is 4.00. The maximum absolute atomic E-state index is 12.9. The van der Waals surface area contributed by atoms with Gasteiger partial charge in [0.25, 0.3) is 0 Å². The van der Waals surface area contributed by atoms with Crippen molar-refractivity contribution in [3.05, 3.63) is 46.6 Å². The topological polar surface area (TPSA) is 115 Å². The van der Waals surface area contributed by atoms with E-state index in [2.05, 4.69) is 19.9 Å². The van der Waals surface area contributed by atoms with E-state index in [1.807, 2.05) is 11.8 Å². The zero-order valence-corrected chi connectivity index (χ0v) is 15.0. The molecule has 2 N–H and O–H groups in total. The first-order chi connectivity index (χ1) is 12.4. The van der Waals surface area contributed by atoms with Crippen LogP contribution in [0.15, 0.2) is 40.3 Å². The molecule has 3 heterocycles. The van der Waals surface area contributed by atoms with Gasteiger partial charge in [-0.3, -0.25) is 0 Å². The van der Waals surface area contributed by atoms with Crippen molar-refractivity contribution in [2.24, 2.45) is 0 Å². The van der Waals surface area contributed by atoms with Crippen LogP contribution in [0.3, 0.4) is 0 Å². The monoisotopic (exact) mass is 374 g/mol. The molecule has 9 nitrogen and oxygen atoms in total. The van der Waals surface area contributed by atoms with Crippen LogP contribution < -0.4 is 10.6 Å². The van der Waals surface area contributed by atoms with E-state index >= 15 is 0 Å². The number of aromatic amines is 2. The number of anilines is 1. The molecular weight excluding hydrogens is 356 g/mol. The molecule has 1 fully saturated rings. The van der Waals surface area contributed by atoms with Crippen molar-refractivity contribution in [1.29, 1.82) is 0 Å². The predicted molar refractivity (Wildman–Crippen MR) is 96.7 cm³/mol. The van der Waals surface area contributed by atoms with Crippen molar-refractivity contribution in [3.63, 3.8) is 0 Å². The van der Waals surface area contributed by atoms with Crippen molar-refractivity contribution in [3.8, 4) is 0 Å². The number of hydrogen-bond acceptors (Lipinski definition) is 6. The molecule has 1 aliphatic rings. The number of benzene rings is 1. The summed E-state index contributed by atoms with van der Waals surface area (Å²) in [6.07, 6.45) is 3.50. The van der Waals surface area contributed by atoms with Crippen molar-refractivity contribution >= 4 is 27.0 Å². The molecule has 0 saturated carbocycles. The van der Waals surface area contributed by atoms with Gasteiger partial charge in [0, 0.05) is 38.6 Å². The van der Waals surface area contributed by atoms with E-state index in [0.717, 1.165) is 5.56 Å². The molecule has 10 heteroatoms. The van der Waals surface area contributed by atoms with Gasteiger partial charge in [0.2, 0.25) is 16.0 Å². The van der Waals surface area contributed by atoms with Crippen LogP contribution in [0.4, 0.5) is 5.95 Å². The summed E-state index contributed by atoms with van der Waals surface area (Å²) in [4.78, 5) is 27.3. The molecule has 0 spiro atoms. The number of aryl methyl sites for hydroxylation is 1. The van der Waals surface area contributed by atoms with Gasteiger partial charge in [0.05, 0.1) is 15.9 Å². The molecule has 136 valence electrons. The fourth-order valence-electron chi connectivity index (χ4n) is 3.00. The van der Waals surface area contributed by atoms with Crippen LogP contribution in [0.2, 0.25) is 0 Å². The molecule has 26 heavy (non-hydrogen) atoms. The SMILES string of the molecule is Cc1cnc(N2CCN(S(=O)(=O)c3ccc4[nH]c(=O)[nH]c4c3)CC2)nc1. The van der Waals surface area contributed by atoms with Crippen LogP contribution in [0.25, 0.3) is 11.0 Å². The first-order valence-electron chi connectivity index (χ1n) is 8.19. The highest BCUT2D eigenvalue weighted by atomic mass is 32.2. The Labute approximate surface area is 149 Å². The molecule has 1 aromatic carbocycles. The van der Waals surface area contributed by atoms with Crippen molar-refractivity contribution in [2.45, 2.75) is 11.8 Å². The van der Waals surface area contributed by atoms with Gasteiger partial charge in [-0.1, -0.05) is 0 Å². The van der Waals surface area contributed by atoms with Gasteiger partial charge in [-0.05, 0) is 30.7 Å². The Morgan fingerprint density at radius 2 is 1.65 bits per heavy atom. The smallest absolute Gasteiger partial charge is 0.323 e. The molecule has 0 unspecified atom stereocenters. The van der Waals surface area contributed by atoms with E-state index in [-0.39, 0.29) is 10.6 Å². The molecule has 3 aromatic rings. The van der Waals surface area contributed by atoms with Crippen LogP contribution in [0.1, 0.15) is 5.56 Å². The number of nitrogens with zero attached hydrogens (tertiary/aromatic N) is 4. The maximum Gasteiger partial charge on any atom is 0.323 e. The molecule has 0 amide bonds. The highest BCUT2D eigenvalue weighted by Gasteiger charge is 2.29. The van der Waals surface area contributed by atoms with E-state index in [0.29, 0.717) is 43.2 Å². The lowest BCUT2D eigenvalue weighted by Gasteiger charge is -2.33. The molecule has 0 aliphatic carbocycles. The number of imidazole rings is 1. The van der Waals surface area contributed by atoms with Crippen LogP contribution in [0, 0.1) is 6.92 Å². The lowest BCUT2D eigenvalue weighted by atomic mass is 10.3. The quantitative estimate of drug-likeness (QED) is 0.688. The molecule has 2 aromatic heterocycles. The maximum atomic E-state index is 12.9. The van der Waals surface area contributed by atoms with Crippen LogP contribution in [-0.4, -0.2) is 58.8 Å². The number of fused-ring (bicyclic) bond motifs is 1. The third kappa shape index (κ3) is 2.97. The fourth-order valence-corrected chi connectivity index (χ4v) is 4.45. The van der Waals surface area contributed by atoms with Crippen LogP contribution in [0.5, 0.6) is 0 Å². The summed E-state index contributed by atoms with van der Waals surface area (Å²) in [6, 6.07) is 4.59. The Hall–Kier alpha value is -2.72.